The Hall–Kier alpha value is -2.56. The molecule has 1 aromatic heterocycles. The van der Waals surface area contributed by atoms with Crippen LogP contribution in [0.5, 0.6) is 0 Å². The van der Waals surface area contributed by atoms with Gasteiger partial charge in [0.15, 0.2) is 5.96 Å². The highest BCUT2D eigenvalue weighted by Crippen LogP contribution is 2.16. The van der Waals surface area contributed by atoms with Gasteiger partial charge < -0.3 is 25.8 Å². The molecular weight excluding hydrogens is 319 g/mol. The normalized spacial score (nSPS) is 14.5. The molecule has 0 aromatic carbocycles. The van der Waals surface area contributed by atoms with Crippen molar-refractivity contribution in [1.29, 1.82) is 5.41 Å². The lowest BCUT2D eigenvalue weighted by molar-refractivity contribution is -0.192. The molecule has 0 unspecified atom stereocenters. The fourth-order valence-corrected chi connectivity index (χ4v) is 1.61. The lowest BCUT2D eigenvalue weighted by Crippen LogP contribution is -2.36. The number of anilines is 2. The number of guanidine groups is 1. The Morgan fingerprint density at radius 2 is 1.96 bits per heavy atom. The Kier molecular flexibility index (Phi) is 6.57. The van der Waals surface area contributed by atoms with E-state index in [-0.39, 0.29) is 5.96 Å². The zero-order valence-electron chi connectivity index (χ0n) is 11.9. The summed E-state index contributed by atoms with van der Waals surface area (Å²) in [5.41, 5.74) is 6.28. The second kappa shape index (κ2) is 8.17. The van der Waals surface area contributed by atoms with Crippen molar-refractivity contribution in [3.8, 4) is 0 Å². The molecule has 0 atom stereocenters. The van der Waals surface area contributed by atoms with E-state index >= 15 is 0 Å². The monoisotopic (exact) mass is 335 g/mol. The molecule has 2 rings (SSSR count). The van der Waals surface area contributed by atoms with Crippen LogP contribution in [0.4, 0.5) is 24.7 Å². The van der Waals surface area contributed by atoms with Gasteiger partial charge in [0, 0.05) is 13.1 Å². The Labute approximate surface area is 129 Å². The standard InChI is InChI=1S/C10H15N5O.C2HF3O2/c11-10(12)14-9-2-1-8(7-13-9)15-3-5-16-6-4-15;3-2(4,5)1(6)7/h1-2,7H,3-6H2,(H4,11,12,13,14);(H,6,7). The molecule has 1 aliphatic rings. The van der Waals surface area contributed by atoms with E-state index in [0.29, 0.717) is 5.82 Å². The molecule has 128 valence electrons. The van der Waals surface area contributed by atoms with E-state index in [2.05, 4.69) is 15.2 Å². The van der Waals surface area contributed by atoms with Gasteiger partial charge in [-0.1, -0.05) is 0 Å². The minimum Gasteiger partial charge on any atom is -0.475 e. The first kappa shape index (κ1) is 18.5. The van der Waals surface area contributed by atoms with Crippen LogP contribution in [-0.2, 0) is 9.53 Å². The first-order chi connectivity index (χ1) is 10.7. The molecule has 1 aromatic rings. The summed E-state index contributed by atoms with van der Waals surface area (Å²) in [5.74, 6) is -2.27. The van der Waals surface area contributed by atoms with Gasteiger partial charge in [0.2, 0.25) is 0 Å². The van der Waals surface area contributed by atoms with E-state index in [1.54, 1.807) is 6.20 Å². The van der Waals surface area contributed by atoms with Gasteiger partial charge in [-0.3, -0.25) is 5.41 Å². The van der Waals surface area contributed by atoms with E-state index in [1.807, 2.05) is 12.1 Å². The van der Waals surface area contributed by atoms with E-state index in [4.69, 9.17) is 25.8 Å². The van der Waals surface area contributed by atoms with E-state index in [9.17, 15) is 13.2 Å². The largest absolute Gasteiger partial charge is 0.490 e. The van der Waals surface area contributed by atoms with Crippen LogP contribution < -0.4 is 16.0 Å². The van der Waals surface area contributed by atoms with Crippen molar-refractivity contribution in [3.63, 3.8) is 0 Å². The first-order valence-corrected chi connectivity index (χ1v) is 6.40. The highest BCUT2D eigenvalue weighted by molar-refractivity contribution is 5.88. The lowest BCUT2D eigenvalue weighted by atomic mass is 10.3. The number of ether oxygens (including phenoxy) is 1. The number of carboxylic acids is 1. The minimum absolute atomic E-state index is 0.105. The van der Waals surface area contributed by atoms with Crippen LogP contribution in [0.25, 0.3) is 0 Å². The Morgan fingerprint density at radius 3 is 2.35 bits per heavy atom. The number of nitrogens with one attached hydrogen (secondary N) is 2. The van der Waals surface area contributed by atoms with Crippen molar-refractivity contribution >= 4 is 23.4 Å². The molecule has 0 aliphatic carbocycles. The van der Waals surface area contributed by atoms with Crippen molar-refractivity contribution < 1.29 is 27.8 Å². The Morgan fingerprint density at radius 1 is 1.39 bits per heavy atom. The molecule has 8 nitrogen and oxygen atoms in total. The smallest absolute Gasteiger partial charge is 0.475 e. The van der Waals surface area contributed by atoms with Gasteiger partial charge >= 0.3 is 12.1 Å². The lowest BCUT2D eigenvalue weighted by Gasteiger charge is -2.28. The zero-order valence-corrected chi connectivity index (χ0v) is 11.9. The quantitative estimate of drug-likeness (QED) is 0.466. The summed E-state index contributed by atoms with van der Waals surface area (Å²) in [7, 11) is 0. The van der Waals surface area contributed by atoms with Crippen LogP contribution in [0.3, 0.4) is 0 Å². The molecule has 0 amide bonds. The van der Waals surface area contributed by atoms with Crippen molar-refractivity contribution in [1.82, 2.24) is 4.98 Å². The number of carbonyl (C=O) groups is 1. The number of morpholine rings is 1. The number of nitrogens with two attached hydrogens (primary N) is 1. The number of halogens is 3. The summed E-state index contributed by atoms with van der Waals surface area (Å²) in [4.78, 5) is 15.3. The van der Waals surface area contributed by atoms with Gasteiger partial charge in [0.1, 0.15) is 5.82 Å². The molecule has 0 bridgehead atoms. The molecule has 23 heavy (non-hydrogen) atoms. The molecule has 2 heterocycles. The fourth-order valence-electron chi connectivity index (χ4n) is 1.61. The number of hydrogen-bond acceptors (Lipinski definition) is 5. The van der Waals surface area contributed by atoms with Gasteiger partial charge in [-0.25, -0.2) is 9.78 Å². The van der Waals surface area contributed by atoms with Crippen LogP contribution in [-0.4, -0.2) is 54.5 Å². The molecule has 0 spiro atoms. The molecule has 0 radical (unpaired) electrons. The zero-order chi connectivity index (χ0) is 17.5. The number of hydrogen-bond donors (Lipinski definition) is 4. The number of pyridine rings is 1. The van der Waals surface area contributed by atoms with Gasteiger partial charge in [-0.15, -0.1) is 0 Å². The Bertz CT molecular complexity index is 530. The maximum atomic E-state index is 10.6. The summed E-state index contributed by atoms with van der Waals surface area (Å²) in [6.07, 6.45) is -3.31. The minimum atomic E-state index is -5.08. The number of aliphatic carboxylic acids is 1. The molecule has 11 heteroatoms. The average molecular weight is 335 g/mol. The molecule has 0 saturated carbocycles. The van der Waals surface area contributed by atoms with Gasteiger partial charge in [-0.05, 0) is 12.1 Å². The van der Waals surface area contributed by atoms with E-state index in [0.717, 1.165) is 32.0 Å². The molecule has 1 saturated heterocycles. The number of aromatic nitrogens is 1. The highest BCUT2D eigenvalue weighted by Gasteiger charge is 2.38. The van der Waals surface area contributed by atoms with Crippen molar-refractivity contribution in [2.24, 2.45) is 5.73 Å². The summed E-state index contributed by atoms with van der Waals surface area (Å²) in [6.45, 7) is 3.29. The molecule has 1 aliphatic heterocycles. The maximum absolute atomic E-state index is 10.6. The van der Waals surface area contributed by atoms with Gasteiger partial charge in [-0.2, -0.15) is 13.2 Å². The van der Waals surface area contributed by atoms with Gasteiger partial charge in [0.05, 0.1) is 25.1 Å². The van der Waals surface area contributed by atoms with Crippen molar-refractivity contribution in [2.75, 3.05) is 36.5 Å². The third-order valence-corrected chi connectivity index (χ3v) is 2.63. The SMILES string of the molecule is N=C(N)Nc1ccc(N2CCOCC2)cn1.O=C(O)C(F)(F)F. The molecule has 1 fully saturated rings. The fraction of sp³-hybridized carbons (Fsp3) is 0.417. The number of carboxylic acid groups (broad SMARTS) is 1. The Balaban J connectivity index is 0.000000322. The summed E-state index contributed by atoms with van der Waals surface area (Å²) in [6, 6.07) is 3.77. The van der Waals surface area contributed by atoms with Crippen LogP contribution in [0.2, 0.25) is 0 Å². The summed E-state index contributed by atoms with van der Waals surface area (Å²) >= 11 is 0. The average Bonchev–Trinajstić information content (AvgIpc) is 2.48. The predicted molar refractivity (Wildman–Crippen MR) is 76.5 cm³/mol. The van der Waals surface area contributed by atoms with Crippen LogP contribution in [0, 0.1) is 5.41 Å². The van der Waals surface area contributed by atoms with E-state index in [1.165, 1.54) is 0 Å². The second-order valence-electron chi connectivity index (χ2n) is 4.34. The number of nitrogens with zero attached hydrogens (tertiary/aromatic N) is 2. The maximum Gasteiger partial charge on any atom is 0.490 e. The number of rotatable bonds is 2. The third-order valence-electron chi connectivity index (χ3n) is 2.63. The molecular formula is C12H16F3N5O3. The second-order valence-corrected chi connectivity index (χ2v) is 4.34. The topological polar surface area (TPSA) is 125 Å². The van der Waals surface area contributed by atoms with Gasteiger partial charge in [0.25, 0.3) is 0 Å². The summed E-state index contributed by atoms with van der Waals surface area (Å²) in [5, 5.41) is 16.8. The summed E-state index contributed by atoms with van der Waals surface area (Å²) < 4.78 is 37.0. The molecule has 5 N–H and O–H groups in total. The number of alkyl halides is 3. The van der Waals surface area contributed by atoms with Crippen molar-refractivity contribution in [2.45, 2.75) is 6.18 Å². The third kappa shape index (κ3) is 6.82. The van der Waals surface area contributed by atoms with Crippen LogP contribution in [0.1, 0.15) is 0 Å². The predicted octanol–water partition coefficient (Wildman–Crippen LogP) is 0.857. The first-order valence-electron chi connectivity index (χ1n) is 6.40. The highest BCUT2D eigenvalue weighted by atomic mass is 19.4. The van der Waals surface area contributed by atoms with E-state index < -0.39 is 12.1 Å². The van der Waals surface area contributed by atoms with Crippen molar-refractivity contribution in [3.05, 3.63) is 18.3 Å². The van der Waals surface area contributed by atoms with Crippen LogP contribution in [0.15, 0.2) is 18.3 Å². The van der Waals surface area contributed by atoms with Crippen LogP contribution >= 0.6 is 0 Å².